The zero-order valence-corrected chi connectivity index (χ0v) is 16.5. The second-order valence-electron chi connectivity index (χ2n) is 6.15. The van der Waals surface area contributed by atoms with E-state index in [0.29, 0.717) is 11.4 Å². The summed E-state index contributed by atoms with van der Waals surface area (Å²) in [5, 5.41) is 3.83. The van der Waals surface area contributed by atoms with Crippen molar-refractivity contribution in [3.05, 3.63) is 64.6 Å². The van der Waals surface area contributed by atoms with Crippen LogP contribution in [0.1, 0.15) is 23.1 Å². The number of rotatable bonds is 8. The van der Waals surface area contributed by atoms with E-state index in [1.807, 2.05) is 44.2 Å². The monoisotopic (exact) mass is 388 g/mol. The Morgan fingerprint density at radius 3 is 2.41 bits per heavy atom. The highest BCUT2D eigenvalue weighted by atomic mass is 32.2. The number of amides is 1. The van der Waals surface area contributed by atoms with Gasteiger partial charge in [0.05, 0.1) is 12.8 Å². The number of methoxy groups -OCH3 is 1. The van der Waals surface area contributed by atoms with Crippen LogP contribution in [0.3, 0.4) is 0 Å². The highest BCUT2D eigenvalue weighted by Crippen LogP contribution is 2.25. The minimum atomic E-state index is -3.61. The summed E-state index contributed by atoms with van der Waals surface area (Å²) in [6.07, 6.45) is 1.52. The summed E-state index contributed by atoms with van der Waals surface area (Å²) in [6, 6.07) is 12.9. The molecule has 2 aromatic rings. The van der Waals surface area contributed by atoms with Crippen LogP contribution < -0.4 is 14.8 Å². The summed E-state index contributed by atoms with van der Waals surface area (Å²) in [5.41, 5.74) is 3.43. The van der Waals surface area contributed by atoms with Gasteiger partial charge in [0.2, 0.25) is 15.9 Å². The number of ether oxygens (including phenoxy) is 1. The number of aryl methyl sites for hydroxylation is 2. The number of sulfonamides is 1. The molecule has 0 bridgehead atoms. The largest absolute Gasteiger partial charge is 0.495 e. The molecule has 0 atom stereocenters. The van der Waals surface area contributed by atoms with Crippen LogP contribution >= 0.6 is 0 Å². The van der Waals surface area contributed by atoms with E-state index in [0.717, 1.165) is 22.1 Å². The molecule has 0 saturated carbocycles. The molecule has 2 N–H and O–H groups in total. The molecule has 0 radical (unpaired) electrons. The molecule has 0 aliphatic rings. The molecule has 27 heavy (non-hydrogen) atoms. The quantitative estimate of drug-likeness (QED) is 0.727. The number of benzene rings is 2. The van der Waals surface area contributed by atoms with E-state index in [1.165, 1.54) is 13.2 Å². The highest BCUT2D eigenvalue weighted by Gasteiger charge is 2.10. The Morgan fingerprint density at radius 1 is 1.07 bits per heavy atom. The van der Waals surface area contributed by atoms with Gasteiger partial charge in [-0.3, -0.25) is 4.79 Å². The SMILES string of the molecule is COc1ccc(C)cc1NC(=O)CCNS(=O)(=O)/C=C/c1ccc(C)cc1. The molecule has 144 valence electrons. The van der Waals surface area contributed by atoms with Crippen molar-refractivity contribution in [3.8, 4) is 5.75 Å². The lowest BCUT2D eigenvalue weighted by Gasteiger charge is -2.11. The zero-order chi connectivity index (χ0) is 19.9. The summed E-state index contributed by atoms with van der Waals surface area (Å²) >= 11 is 0. The van der Waals surface area contributed by atoms with Gasteiger partial charge in [-0.2, -0.15) is 0 Å². The number of hydrogen-bond donors (Lipinski definition) is 2. The van der Waals surface area contributed by atoms with Crippen LogP contribution in [0.25, 0.3) is 6.08 Å². The molecule has 0 aromatic heterocycles. The van der Waals surface area contributed by atoms with E-state index in [4.69, 9.17) is 4.74 Å². The normalized spacial score (nSPS) is 11.5. The van der Waals surface area contributed by atoms with Crippen molar-refractivity contribution in [2.45, 2.75) is 20.3 Å². The molecule has 2 aromatic carbocycles. The van der Waals surface area contributed by atoms with E-state index in [9.17, 15) is 13.2 Å². The molecule has 0 spiro atoms. The molecule has 6 nitrogen and oxygen atoms in total. The maximum absolute atomic E-state index is 12.1. The number of carbonyl (C=O) groups is 1. The molecular weight excluding hydrogens is 364 g/mol. The first-order chi connectivity index (χ1) is 12.8. The Bertz CT molecular complexity index is 919. The van der Waals surface area contributed by atoms with Crippen molar-refractivity contribution < 1.29 is 17.9 Å². The lowest BCUT2D eigenvalue weighted by Crippen LogP contribution is -2.26. The van der Waals surface area contributed by atoms with Gasteiger partial charge in [0.25, 0.3) is 0 Å². The first kappa shape index (κ1) is 20.7. The molecule has 0 unspecified atom stereocenters. The average Bonchev–Trinajstić information content (AvgIpc) is 2.61. The smallest absolute Gasteiger partial charge is 0.233 e. The Balaban J connectivity index is 1.86. The van der Waals surface area contributed by atoms with Crippen molar-refractivity contribution >= 4 is 27.7 Å². The first-order valence-corrected chi connectivity index (χ1v) is 10.0. The van der Waals surface area contributed by atoms with Crippen LogP contribution in [0.15, 0.2) is 47.9 Å². The van der Waals surface area contributed by atoms with Crippen LogP contribution in [0.2, 0.25) is 0 Å². The second kappa shape index (κ2) is 9.34. The lowest BCUT2D eigenvalue weighted by molar-refractivity contribution is -0.116. The predicted octanol–water partition coefficient (Wildman–Crippen LogP) is 3.23. The van der Waals surface area contributed by atoms with E-state index >= 15 is 0 Å². The molecular formula is C20H24N2O4S. The van der Waals surface area contributed by atoms with Gasteiger partial charge < -0.3 is 10.1 Å². The summed E-state index contributed by atoms with van der Waals surface area (Å²) in [5.74, 6) is 0.250. The van der Waals surface area contributed by atoms with E-state index in [1.54, 1.807) is 12.1 Å². The zero-order valence-electron chi connectivity index (χ0n) is 15.7. The summed E-state index contributed by atoms with van der Waals surface area (Å²) < 4.78 is 31.6. The Kier molecular flexibility index (Phi) is 7.15. The molecule has 7 heteroatoms. The molecule has 2 rings (SSSR count). The van der Waals surface area contributed by atoms with Crippen molar-refractivity contribution in [1.82, 2.24) is 4.72 Å². The van der Waals surface area contributed by atoms with E-state index < -0.39 is 10.0 Å². The third kappa shape index (κ3) is 6.88. The molecule has 0 aliphatic heterocycles. The maximum Gasteiger partial charge on any atom is 0.233 e. The number of anilines is 1. The van der Waals surface area contributed by atoms with Crippen LogP contribution in [0, 0.1) is 13.8 Å². The molecule has 1 amide bonds. The molecule has 0 heterocycles. The lowest BCUT2D eigenvalue weighted by atomic mass is 10.2. The van der Waals surface area contributed by atoms with E-state index in [-0.39, 0.29) is 18.9 Å². The van der Waals surface area contributed by atoms with Gasteiger partial charge in [0.15, 0.2) is 0 Å². The van der Waals surface area contributed by atoms with Gasteiger partial charge >= 0.3 is 0 Å². The van der Waals surface area contributed by atoms with Gasteiger partial charge in [0, 0.05) is 18.4 Å². The second-order valence-corrected chi connectivity index (χ2v) is 7.81. The van der Waals surface area contributed by atoms with Crippen molar-refractivity contribution in [2.75, 3.05) is 19.0 Å². The Hall–Kier alpha value is -2.64. The average molecular weight is 388 g/mol. The topological polar surface area (TPSA) is 84.5 Å². The third-order valence-electron chi connectivity index (χ3n) is 3.80. The Morgan fingerprint density at radius 2 is 1.74 bits per heavy atom. The van der Waals surface area contributed by atoms with Gasteiger partial charge in [0.1, 0.15) is 5.75 Å². The van der Waals surface area contributed by atoms with Crippen molar-refractivity contribution in [2.24, 2.45) is 0 Å². The number of carbonyl (C=O) groups excluding carboxylic acids is 1. The fraction of sp³-hybridized carbons (Fsp3) is 0.250. The number of nitrogens with one attached hydrogen (secondary N) is 2. The standard InChI is InChI=1S/C20H24N2O4S/c1-15-4-7-17(8-5-15)11-13-27(24,25)21-12-10-20(23)22-18-14-16(2)6-9-19(18)26-3/h4-9,11,13-14,21H,10,12H2,1-3H3,(H,22,23)/b13-11+. The van der Waals surface area contributed by atoms with Crippen molar-refractivity contribution in [3.63, 3.8) is 0 Å². The fourth-order valence-electron chi connectivity index (χ4n) is 2.33. The van der Waals surface area contributed by atoms with Gasteiger partial charge in [-0.1, -0.05) is 35.9 Å². The highest BCUT2D eigenvalue weighted by molar-refractivity contribution is 7.92. The summed E-state index contributed by atoms with van der Waals surface area (Å²) in [4.78, 5) is 12.1. The predicted molar refractivity (Wildman–Crippen MR) is 108 cm³/mol. The molecule has 0 aliphatic carbocycles. The maximum atomic E-state index is 12.1. The van der Waals surface area contributed by atoms with E-state index in [2.05, 4.69) is 10.0 Å². The minimum absolute atomic E-state index is 0.000531. The van der Waals surface area contributed by atoms with Gasteiger partial charge in [-0.25, -0.2) is 13.1 Å². The Labute approximate surface area is 160 Å². The van der Waals surface area contributed by atoms with Gasteiger partial charge in [-0.15, -0.1) is 0 Å². The van der Waals surface area contributed by atoms with Crippen LogP contribution in [-0.4, -0.2) is 28.0 Å². The minimum Gasteiger partial charge on any atom is -0.495 e. The van der Waals surface area contributed by atoms with Gasteiger partial charge in [-0.05, 0) is 43.2 Å². The van der Waals surface area contributed by atoms with Crippen molar-refractivity contribution in [1.29, 1.82) is 0 Å². The van der Waals surface area contributed by atoms with Crippen LogP contribution in [0.4, 0.5) is 5.69 Å². The summed E-state index contributed by atoms with van der Waals surface area (Å²) in [6.45, 7) is 3.87. The fourth-order valence-corrected chi connectivity index (χ4v) is 3.15. The third-order valence-corrected chi connectivity index (χ3v) is 4.90. The molecule has 0 fully saturated rings. The summed E-state index contributed by atoms with van der Waals surface area (Å²) in [7, 11) is -2.09. The first-order valence-electron chi connectivity index (χ1n) is 8.48. The number of hydrogen-bond acceptors (Lipinski definition) is 4. The van der Waals surface area contributed by atoms with Crippen LogP contribution in [0.5, 0.6) is 5.75 Å². The molecule has 0 saturated heterocycles. The van der Waals surface area contributed by atoms with Crippen LogP contribution in [-0.2, 0) is 14.8 Å².